The number of ether oxygens (including phenoxy) is 1. The number of morpholine rings is 1. The van der Waals surface area contributed by atoms with Gasteiger partial charge in [-0.2, -0.15) is 0 Å². The fourth-order valence-electron chi connectivity index (χ4n) is 5.58. The van der Waals surface area contributed by atoms with E-state index in [0.29, 0.717) is 45.8 Å². The summed E-state index contributed by atoms with van der Waals surface area (Å²) in [6.07, 6.45) is 4.86. The maximum atomic E-state index is 12.9. The van der Waals surface area contributed by atoms with Gasteiger partial charge in [-0.3, -0.25) is 4.79 Å². The molecule has 0 radical (unpaired) electrons. The molecule has 0 aromatic heterocycles. The Balaban J connectivity index is 1.32. The first-order chi connectivity index (χ1) is 14.0. The molecule has 158 valence electrons. The fourth-order valence-corrected chi connectivity index (χ4v) is 7.43. The third-order valence-electron chi connectivity index (χ3n) is 7.38. The molecule has 0 N–H and O–H groups in total. The van der Waals surface area contributed by atoms with Gasteiger partial charge in [-0.05, 0) is 54.6 Å². The Morgan fingerprint density at radius 2 is 1.76 bits per heavy atom. The standard InChI is InChI=1S/C22H30N2O4S/c25-21(23-11-13-28-14-12-23)15-17-16-22(20-4-2-1-3-19(17)20)7-9-24(10-8-22)29(26,27)18-5-6-18/h1-4,17-18H,5-16H2/t17-/m0/s1. The Kier molecular flexibility index (Phi) is 4.95. The molecule has 2 aliphatic heterocycles. The smallest absolute Gasteiger partial charge is 0.223 e. The molecule has 3 fully saturated rings. The van der Waals surface area contributed by atoms with Gasteiger partial charge in [0.05, 0.1) is 18.5 Å². The molecule has 5 rings (SSSR count). The minimum absolute atomic E-state index is 0.0160. The number of amides is 1. The van der Waals surface area contributed by atoms with Crippen LogP contribution in [0.25, 0.3) is 0 Å². The first-order valence-electron chi connectivity index (χ1n) is 10.9. The number of rotatable bonds is 4. The van der Waals surface area contributed by atoms with Gasteiger partial charge in [0.25, 0.3) is 0 Å². The quantitative estimate of drug-likeness (QED) is 0.752. The van der Waals surface area contributed by atoms with Crippen molar-refractivity contribution in [2.75, 3.05) is 39.4 Å². The maximum absolute atomic E-state index is 12.9. The lowest BCUT2D eigenvalue weighted by Gasteiger charge is -2.40. The second-order valence-corrected chi connectivity index (χ2v) is 11.3. The Morgan fingerprint density at radius 3 is 2.45 bits per heavy atom. The molecule has 7 heteroatoms. The largest absolute Gasteiger partial charge is 0.378 e. The normalized spacial score (nSPS) is 27.2. The fraction of sp³-hybridized carbons (Fsp3) is 0.682. The second-order valence-electron chi connectivity index (χ2n) is 9.11. The van der Waals surface area contributed by atoms with Gasteiger partial charge in [0, 0.05) is 32.6 Å². The van der Waals surface area contributed by atoms with Crippen molar-refractivity contribution in [3.8, 4) is 0 Å². The number of hydrogen-bond acceptors (Lipinski definition) is 4. The van der Waals surface area contributed by atoms with E-state index >= 15 is 0 Å². The Bertz CT molecular complexity index is 882. The zero-order valence-electron chi connectivity index (χ0n) is 16.9. The molecule has 6 nitrogen and oxygen atoms in total. The Labute approximate surface area is 173 Å². The van der Waals surface area contributed by atoms with Crippen molar-refractivity contribution in [1.82, 2.24) is 9.21 Å². The van der Waals surface area contributed by atoms with Gasteiger partial charge in [-0.25, -0.2) is 12.7 Å². The van der Waals surface area contributed by atoms with E-state index in [4.69, 9.17) is 4.74 Å². The maximum Gasteiger partial charge on any atom is 0.223 e. The van der Waals surface area contributed by atoms with Crippen molar-refractivity contribution in [3.05, 3.63) is 35.4 Å². The number of sulfonamides is 1. The van der Waals surface area contributed by atoms with Crippen molar-refractivity contribution < 1.29 is 17.9 Å². The van der Waals surface area contributed by atoms with Crippen molar-refractivity contribution in [3.63, 3.8) is 0 Å². The highest BCUT2D eigenvalue weighted by atomic mass is 32.2. The summed E-state index contributed by atoms with van der Waals surface area (Å²) in [7, 11) is -3.10. The van der Waals surface area contributed by atoms with E-state index in [2.05, 4.69) is 24.3 Å². The van der Waals surface area contributed by atoms with Crippen LogP contribution < -0.4 is 0 Å². The summed E-state index contributed by atoms with van der Waals surface area (Å²) in [5.74, 6) is 0.451. The zero-order chi connectivity index (χ0) is 20.1. The van der Waals surface area contributed by atoms with E-state index in [1.54, 1.807) is 4.31 Å². The summed E-state index contributed by atoms with van der Waals surface area (Å²) in [4.78, 5) is 14.8. The predicted octanol–water partition coefficient (Wildman–Crippen LogP) is 2.25. The summed E-state index contributed by atoms with van der Waals surface area (Å²) >= 11 is 0. The summed E-state index contributed by atoms with van der Waals surface area (Å²) in [6.45, 7) is 3.84. The summed E-state index contributed by atoms with van der Waals surface area (Å²) in [5, 5.41) is -0.133. The molecule has 29 heavy (non-hydrogen) atoms. The van der Waals surface area contributed by atoms with Gasteiger partial charge < -0.3 is 9.64 Å². The first kappa shape index (κ1) is 19.5. The van der Waals surface area contributed by atoms with Crippen molar-refractivity contribution in [2.24, 2.45) is 0 Å². The van der Waals surface area contributed by atoms with E-state index in [1.807, 2.05) is 4.90 Å². The van der Waals surface area contributed by atoms with E-state index < -0.39 is 10.0 Å². The SMILES string of the molecule is O=C(C[C@H]1CC2(CCN(S(=O)(=O)C3CC3)CC2)c2ccccc21)N1CCOCC1. The zero-order valence-corrected chi connectivity index (χ0v) is 17.7. The molecular weight excluding hydrogens is 388 g/mol. The van der Waals surface area contributed by atoms with Gasteiger partial charge in [-0.15, -0.1) is 0 Å². The number of benzene rings is 1. The average Bonchev–Trinajstić information content (AvgIpc) is 3.57. The van der Waals surface area contributed by atoms with Crippen LogP contribution in [-0.4, -0.2) is 68.2 Å². The lowest BCUT2D eigenvalue weighted by atomic mass is 9.73. The van der Waals surface area contributed by atoms with Crippen molar-refractivity contribution in [2.45, 2.75) is 55.1 Å². The Morgan fingerprint density at radius 1 is 1.07 bits per heavy atom. The van der Waals surface area contributed by atoms with Crippen LogP contribution in [0, 0.1) is 0 Å². The van der Waals surface area contributed by atoms with Crippen LogP contribution in [0.1, 0.15) is 55.6 Å². The van der Waals surface area contributed by atoms with Gasteiger partial charge in [0.2, 0.25) is 15.9 Å². The summed E-state index contributed by atoms with van der Waals surface area (Å²) < 4.78 is 32.4. The topological polar surface area (TPSA) is 66.9 Å². The molecule has 0 unspecified atom stereocenters. The number of piperidine rings is 1. The highest BCUT2D eigenvalue weighted by Gasteiger charge is 2.49. The highest BCUT2D eigenvalue weighted by Crippen LogP contribution is 2.53. The van der Waals surface area contributed by atoms with Gasteiger partial charge in [0.1, 0.15) is 0 Å². The Hall–Kier alpha value is -1.44. The molecular formula is C22H30N2O4S. The summed E-state index contributed by atoms with van der Waals surface area (Å²) in [6, 6.07) is 8.53. The van der Waals surface area contributed by atoms with Crippen molar-refractivity contribution in [1.29, 1.82) is 0 Å². The van der Waals surface area contributed by atoms with E-state index in [0.717, 1.165) is 32.1 Å². The first-order valence-corrected chi connectivity index (χ1v) is 12.4. The molecule has 2 saturated heterocycles. The van der Waals surface area contributed by atoms with Gasteiger partial charge in [-0.1, -0.05) is 24.3 Å². The lowest BCUT2D eigenvalue weighted by molar-refractivity contribution is -0.135. The van der Waals surface area contributed by atoms with Crippen LogP contribution in [0.5, 0.6) is 0 Å². The number of fused-ring (bicyclic) bond motifs is 2. The van der Waals surface area contributed by atoms with Crippen LogP contribution in [0.4, 0.5) is 0 Å². The van der Waals surface area contributed by atoms with E-state index in [-0.39, 0.29) is 22.5 Å². The highest BCUT2D eigenvalue weighted by molar-refractivity contribution is 7.90. The van der Waals surface area contributed by atoms with E-state index in [9.17, 15) is 13.2 Å². The van der Waals surface area contributed by atoms with Crippen LogP contribution in [0.15, 0.2) is 24.3 Å². The van der Waals surface area contributed by atoms with Crippen LogP contribution in [0.2, 0.25) is 0 Å². The minimum Gasteiger partial charge on any atom is -0.378 e. The van der Waals surface area contributed by atoms with Crippen LogP contribution in [-0.2, 0) is 25.0 Å². The van der Waals surface area contributed by atoms with Gasteiger partial charge in [0.15, 0.2) is 0 Å². The molecule has 1 amide bonds. The molecule has 2 aliphatic carbocycles. The number of carbonyl (C=O) groups is 1. The third-order valence-corrected chi connectivity index (χ3v) is 9.78. The van der Waals surface area contributed by atoms with Crippen LogP contribution >= 0.6 is 0 Å². The summed E-state index contributed by atoms with van der Waals surface area (Å²) in [5.41, 5.74) is 2.66. The number of carbonyl (C=O) groups excluding carboxylic acids is 1. The average molecular weight is 419 g/mol. The molecule has 0 bridgehead atoms. The second kappa shape index (κ2) is 7.36. The molecule has 4 aliphatic rings. The lowest BCUT2D eigenvalue weighted by Crippen LogP contribution is -2.45. The molecule has 1 aromatic carbocycles. The minimum atomic E-state index is -3.10. The molecule has 1 atom stereocenters. The molecule has 1 spiro atoms. The monoisotopic (exact) mass is 418 g/mol. The number of nitrogens with zero attached hydrogens (tertiary/aromatic N) is 2. The number of hydrogen-bond donors (Lipinski definition) is 0. The molecule has 2 heterocycles. The van der Waals surface area contributed by atoms with Gasteiger partial charge >= 0.3 is 0 Å². The molecule has 1 saturated carbocycles. The van der Waals surface area contributed by atoms with Crippen LogP contribution in [0.3, 0.4) is 0 Å². The molecule has 1 aromatic rings. The third kappa shape index (κ3) is 3.51. The predicted molar refractivity (Wildman–Crippen MR) is 110 cm³/mol. The van der Waals surface area contributed by atoms with E-state index in [1.165, 1.54) is 11.1 Å². The van der Waals surface area contributed by atoms with Crippen molar-refractivity contribution >= 4 is 15.9 Å².